The van der Waals surface area contributed by atoms with Crippen LogP contribution in [0.5, 0.6) is 0 Å². The maximum absolute atomic E-state index is 11.4. The molecule has 3 nitrogen and oxygen atoms in total. The van der Waals surface area contributed by atoms with E-state index in [1.165, 1.54) is 0 Å². The fourth-order valence-corrected chi connectivity index (χ4v) is 1.51. The minimum Gasteiger partial charge on any atom is -0.444 e. The van der Waals surface area contributed by atoms with Crippen LogP contribution in [0, 0.1) is 0 Å². The summed E-state index contributed by atoms with van der Waals surface area (Å²) in [5.74, 6) is 0. The Morgan fingerprint density at radius 2 is 2.00 bits per heavy atom. The Balaban J connectivity index is 4.20. The molecule has 0 aliphatic rings. The van der Waals surface area contributed by atoms with Crippen molar-refractivity contribution >= 4 is 38.0 Å². The fourth-order valence-electron chi connectivity index (χ4n) is 0.873. The van der Waals surface area contributed by atoms with Crippen molar-refractivity contribution < 1.29 is 9.53 Å². The van der Waals surface area contributed by atoms with Crippen LogP contribution < -0.4 is 5.32 Å². The quantitative estimate of drug-likeness (QED) is 0.844. The maximum Gasteiger partial charge on any atom is 0.408 e. The van der Waals surface area contributed by atoms with Crippen LogP contribution in [-0.4, -0.2) is 17.7 Å². The summed E-state index contributed by atoms with van der Waals surface area (Å²) in [7, 11) is 0. The molecule has 0 spiro atoms. The Kier molecular flexibility index (Phi) is 6.52. The third kappa shape index (κ3) is 8.93. The second-order valence-corrected chi connectivity index (χ2v) is 6.89. The highest BCUT2D eigenvalue weighted by atomic mass is 79.9. The zero-order valence-corrected chi connectivity index (χ0v) is 12.6. The second kappa shape index (κ2) is 6.53. The van der Waals surface area contributed by atoms with Gasteiger partial charge in [0.1, 0.15) is 5.60 Å². The zero-order valence-electron chi connectivity index (χ0n) is 9.43. The van der Waals surface area contributed by atoms with Crippen molar-refractivity contribution in [1.82, 2.24) is 5.32 Å². The van der Waals surface area contributed by atoms with Gasteiger partial charge >= 0.3 is 6.09 Å². The van der Waals surface area contributed by atoms with Gasteiger partial charge in [-0.05, 0) is 65.1 Å². The summed E-state index contributed by atoms with van der Waals surface area (Å²) in [5.41, 5.74) is -0.461. The number of halogens is 2. The van der Waals surface area contributed by atoms with Gasteiger partial charge in [0.2, 0.25) is 0 Å². The second-order valence-electron chi connectivity index (χ2n) is 4.12. The van der Waals surface area contributed by atoms with Crippen LogP contribution in [0.2, 0.25) is 0 Å². The normalized spacial score (nSPS) is 12.9. The average molecular weight is 343 g/mol. The Hall–Kier alpha value is -0.0300. The molecule has 1 atom stereocenters. The van der Waals surface area contributed by atoms with Gasteiger partial charge < -0.3 is 10.1 Å². The lowest BCUT2D eigenvalue weighted by Gasteiger charge is -2.21. The molecular weight excluding hydrogens is 326 g/mol. The predicted octanol–water partition coefficient (Wildman–Crippen LogP) is 3.92. The summed E-state index contributed by atoms with van der Waals surface area (Å²) >= 11 is 6.51. The van der Waals surface area contributed by atoms with Crippen molar-refractivity contribution in [3.8, 4) is 0 Å². The van der Waals surface area contributed by atoms with Crippen molar-refractivity contribution in [2.24, 2.45) is 0 Å². The Labute approximate surface area is 108 Å². The molecule has 0 aromatic carbocycles. The summed E-state index contributed by atoms with van der Waals surface area (Å²) < 4.78 is 5.96. The lowest BCUT2D eigenvalue weighted by molar-refractivity contribution is 0.0513. The molecule has 0 fully saturated rings. The number of carbonyl (C=O) groups excluding carboxylic acids is 1. The highest BCUT2D eigenvalue weighted by molar-refractivity contribution is 9.28. The van der Waals surface area contributed by atoms with Crippen LogP contribution in [0.1, 0.15) is 34.1 Å². The van der Waals surface area contributed by atoms with Gasteiger partial charge in [-0.25, -0.2) is 4.79 Å². The molecule has 1 N–H and O–H groups in total. The van der Waals surface area contributed by atoms with Crippen LogP contribution in [0.25, 0.3) is 0 Å². The SMILES string of the molecule is CC[C@H](C=C(Br)Br)NC(=O)OC(C)(C)C. The lowest BCUT2D eigenvalue weighted by atomic mass is 10.2. The van der Waals surface area contributed by atoms with Gasteiger partial charge in [-0.2, -0.15) is 0 Å². The minimum atomic E-state index is -0.461. The summed E-state index contributed by atoms with van der Waals surface area (Å²) in [5, 5.41) is 2.76. The van der Waals surface area contributed by atoms with Crippen molar-refractivity contribution in [3.63, 3.8) is 0 Å². The molecule has 0 aromatic rings. The number of rotatable bonds is 3. The standard InChI is InChI=1S/C10H17Br2NO2/c1-5-7(6-8(11)12)13-9(14)15-10(2,3)4/h6-7H,5H2,1-4H3,(H,13,14)/t7-/m1/s1. The number of nitrogens with one attached hydrogen (secondary N) is 1. The molecule has 0 saturated heterocycles. The number of amides is 1. The summed E-state index contributed by atoms with van der Waals surface area (Å²) in [6, 6.07) is -0.0337. The van der Waals surface area contributed by atoms with E-state index >= 15 is 0 Å². The molecule has 0 rings (SSSR count). The molecule has 0 bridgehead atoms. The Morgan fingerprint density at radius 3 is 2.33 bits per heavy atom. The van der Waals surface area contributed by atoms with Crippen molar-refractivity contribution in [1.29, 1.82) is 0 Å². The van der Waals surface area contributed by atoms with E-state index in [-0.39, 0.29) is 6.04 Å². The first-order valence-corrected chi connectivity index (χ1v) is 6.35. The Morgan fingerprint density at radius 1 is 1.47 bits per heavy atom. The average Bonchev–Trinajstić information content (AvgIpc) is 1.98. The maximum atomic E-state index is 11.4. The van der Waals surface area contributed by atoms with Crippen LogP contribution in [-0.2, 0) is 4.74 Å². The molecular formula is C10H17Br2NO2. The molecule has 88 valence electrons. The van der Waals surface area contributed by atoms with Crippen molar-refractivity contribution in [2.75, 3.05) is 0 Å². The number of hydrogen-bond acceptors (Lipinski definition) is 2. The fraction of sp³-hybridized carbons (Fsp3) is 0.700. The van der Waals surface area contributed by atoms with Gasteiger partial charge in [-0.3, -0.25) is 0 Å². The molecule has 0 aliphatic carbocycles. The van der Waals surface area contributed by atoms with Crippen molar-refractivity contribution in [2.45, 2.75) is 45.8 Å². The number of ether oxygens (including phenoxy) is 1. The minimum absolute atomic E-state index is 0.0337. The first kappa shape index (κ1) is 15.0. The molecule has 0 aromatic heterocycles. The van der Waals surface area contributed by atoms with E-state index in [2.05, 4.69) is 37.2 Å². The molecule has 0 radical (unpaired) electrons. The predicted molar refractivity (Wildman–Crippen MR) is 69.4 cm³/mol. The highest BCUT2D eigenvalue weighted by Gasteiger charge is 2.17. The number of alkyl carbamates (subject to hydrolysis) is 1. The third-order valence-electron chi connectivity index (χ3n) is 1.47. The van der Waals surface area contributed by atoms with E-state index in [1.54, 1.807) is 0 Å². The summed E-state index contributed by atoms with van der Waals surface area (Å²) in [6.45, 7) is 7.50. The third-order valence-corrected chi connectivity index (χ3v) is 2.00. The van der Waals surface area contributed by atoms with Gasteiger partial charge in [-0.15, -0.1) is 0 Å². The van der Waals surface area contributed by atoms with Crippen LogP contribution in [0.4, 0.5) is 4.79 Å². The monoisotopic (exact) mass is 341 g/mol. The topological polar surface area (TPSA) is 38.3 Å². The first-order chi connectivity index (χ1) is 6.74. The van der Waals surface area contributed by atoms with E-state index in [1.807, 2.05) is 33.8 Å². The van der Waals surface area contributed by atoms with Gasteiger partial charge in [0.15, 0.2) is 0 Å². The number of carbonyl (C=O) groups is 1. The van der Waals surface area contributed by atoms with Gasteiger partial charge in [-0.1, -0.05) is 6.92 Å². The van der Waals surface area contributed by atoms with Gasteiger partial charge in [0.05, 0.1) is 9.43 Å². The molecule has 0 aliphatic heterocycles. The summed E-state index contributed by atoms with van der Waals surface area (Å²) in [6.07, 6.45) is 2.27. The van der Waals surface area contributed by atoms with E-state index in [9.17, 15) is 4.79 Å². The molecule has 0 unspecified atom stereocenters. The highest BCUT2D eigenvalue weighted by Crippen LogP contribution is 2.15. The van der Waals surface area contributed by atoms with Crippen LogP contribution in [0.15, 0.2) is 9.47 Å². The van der Waals surface area contributed by atoms with Crippen molar-refractivity contribution in [3.05, 3.63) is 9.47 Å². The molecule has 0 heterocycles. The zero-order chi connectivity index (χ0) is 12.1. The molecule has 5 heteroatoms. The molecule has 1 amide bonds. The Bertz CT molecular complexity index is 242. The van der Waals surface area contributed by atoms with E-state index in [0.29, 0.717) is 0 Å². The smallest absolute Gasteiger partial charge is 0.408 e. The van der Waals surface area contributed by atoms with E-state index in [4.69, 9.17) is 4.74 Å². The van der Waals surface area contributed by atoms with E-state index < -0.39 is 11.7 Å². The van der Waals surface area contributed by atoms with E-state index in [0.717, 1.165) is 9.81 Å². The number of hydrogen-bond donors (Lipinski definition) is 1. The summed E-state index contributed by atoms with van der Waals surface area (Å²) in [4.78, 5) is 11.4. The molecule has 0 saturated carbocycles. The van der Waals surface area contributed by atoms with Gasteiger partial charge in [0.25, 0.3) is 0 Å². The van der Waals surface area contributed by atoms with Crippen LogP contribution >= 0.6 is 31.9 Å². The molecule has 15 heavy (non-hydrogen) atoms. The first-order valence-electron chi connectivity index (χ1n) is 4.77. The van der Waals surface area contributed by atoms with Crippen LogP contribution in [0.3, 0.4) is 0 Å². The largest absolute Gasteiger partial charge is 0.444 e. The van der Waals surface area contributed by atoms with Gasteiger partial charge in [0, 0.05) is 0 Å². The lowest BCUT2D eigenvalue weighted by Crippen LogP contribution is -2.37.